The van der Waals surface area contributed by atoms with E-state index in [9.17, 15) is 17.6 Å². The van der Waals surface area contributed by atoms with Gasteiger partial charge >= 0.3 is 6.36 Å². The number of nitrogens with two attached hydrogens (primary N) is 1. The van der Waals surface area contributed by atoms with E-state index < -0.39 is 24.3 Å². The van der Waals surface area contributed by atoms with Gasteiger partial charge in [-0.2, -0.15) is 0 Å². The topological polar surface area (TPSA) is 106 Å². The first-order valence-electron chi connectivity index (χ1n) is 12.7. The maximum absolute atomic E-state index is 14.5. The summed E-state index contributed by atoms with van der Waals surface area (Å²) in [6, 6.07) is 4.99. The fourth-order valence-corrected chi connectivity index (χ4v) is 4.93. The molecule has 2 aromatic rings. The number of halogens is 5. The molecule has 1 aliphatic heterocycles. The zero-order chi connectivity index (χ0) is 27.2. The van der Waals surface area contributed by atoms with Crippen LogP contribution in [0.3, 0.4) is 0 Å². The lowest BCUT2D eigenvalue weighted by molar-refractivity contribution is -0.323. The minimum atomic E-state index is -4.60. The van der Waals surface area contributed by atoms with Crippen LogP contribution in [0.5, 0.6) is 0 Å². The normalized spacial score (nSPS) is 21.7. The highest BCUT2D eigenvalue weighted by atomic mass is 35.5. The molecule has 2 aliphatic rings. The number of rotatable bonds is 10. The Labute approximate surface area is 224 Å². The van der Waals surface area contributed by atoms with E-state index in [1.54, 1.807) is 12.1 Å². The summed E-state index contributed by atoms with van der Waals surface area (Å²) < 4.78 is 60.0. The van der Waals surface area contributed by atoms with Crippen LogP contribution in [0.15, 0.2) is 24.4 Å². The van der Waals surface area contributed by atoms with Crippen molar-refractivity contribution >= 4 is 23.2 Å². The molecule has 0 radical (unpaired) electrons. The Bertz CT molecular complexity index is 1060. The van der Waals surface area contributed by atoms with Crippen LogP contribution in [-0.2, 0) is 9.47 Å². The van der Waals surface area contributed by atoms with Crippen molar-refractivity contribution in [2.75, 3.05) is 43.5 Å². The minimum absolute atomic E-state index is 0.104. The molecule has 0 unspecified atom stereocenters. The molecule has 0 atom stereocenters. The van der Waals surface area contributed by atoms with Gasteiger partial charge in [0.05, 0.1) is 17.3 Å². The standard InChI is InChI=1S/C25H33ClF4N6O2/c26-19-14-33-22(35-17-3-1-16(2-4-17)32-9-12-38-25(28,29)30)13-18(19)21-6-5-20(27)23(36-21)34-15-24(31)7-10-37-11-8-24/h5-6,13-14,16-17,32H,1-4,7-12,15,31H2,(H,33,35)(H,34,36)/t16-,17-. The Morgan fingerprint density at radius 1 is 1.13 bits per heavy atom. The van der Waals surface area contributed by atoms with E-state index in [-0.39, 0.29) is 24.4 Å². The molecule has 2 fully saturated rings. The van der Waals surface area contributed by atoms with Crippen molar-refractivity contribution < 1.29 is 27.0 Å². The molecule has 4 rings (SSSR count). The molecule has 210 valence electrons. The number of nitrogens with one attached hydrogen (secondary N) is 3. The Morgan fingerprint density at radius 2 is 1.84 bits per heavy atom. The summed E-state index contributed by atoms with van der Waals surface area (Å²) in [5.74, 6) is 0.235. The second kappa shape index (κ2) is 12.7. The van der Waals surface area contributed by atoms with Crippen LogP contribution in [0.1, 0.15) is 38.5 Å². The molecule has 0 aromatic carbocycles. The van der Waals surface area contributed by atoms with Crippen LogP contribution >= 0.6 is 11.6 Å². The van der Waals surface area contributed by atoms with Crippen LogP contribution in [-0.4, -0.2) is 66.9 Å². The smallest absolute Gasteiger partial charge is 0.381 e. The number of nitrogens with zero attached hydrogens (tertiary/aromatic N) is 2. The third-order valence-corrected chi connectivity index (χ3v) is 7.25. The zero-order valence-electron chi connectivity index (χ0n) is 20.9. The monoisotopic (exact) mass is 560 g/mol. The molecular weight excluding hydrogens is 528 g/mol. The molecule has 2 aromatic heterocycles. The Morgan fingerprint density at radius 3 is 2.55 bits per heavy atom. The zero-order valence-corrected chi connectivity index (χ0v) is 21.7. The first-order chi connectivity index (χ1) is 18.1. The quantitative estimate of drug-likeness (QED) is 0.245. The van der Waals surface area contributed by atoms with Crippen molar-refractivity contribution in [1.82, 2.24) is 15.3 Å². The molecular formula is C25H33ClF4N6O2. The first kappa shape index (κ1) is 28.8. The van der Waals surface area contributed by atoms with E-state index in [0.29, 0.717) is 54.7 Å². The van der Waals surface area contributed by atoms with Gasteiger partial charge in [0, 0.05) is 55.7 Å². The number of alkyl halides is 3. The van der Waals surface area contributed by atoms with E-state index in [1.165, 1.54) is 12.3 Å². The fraction of sp³-hybridized carbons (Fsp3) is 0.600. The van der Waals surface area contributed by atoms with E-state index in [2.05, 4.69) is 30.7 Å². The predicted molar refractivity (Wildman–Crippen MR) is 138 cm³/mol. The van der Waals surface area contributed by atoms with Crippen LogP contribution in [0.25, 0.3) is 11.3 Å². The maximum Gasteiger partial charge on any atom is 0.522 e. The second-order valence-electron chi connectivity index (χ2n) is 9.85. The molecule has 8 nitrogen and oxygen atoms in total. The number of ether oxygens (including phenoxy) is 2. The van der Waals surface area contributed by atoms with Crippen LogP contribution < -0.4 is 21.7 Å². The summed E-state index contributed by atoms with van der Waals surface area (Å²) in [6.07, 6.45) is 1.56. The molecule has 0 bridgehead atoms. The summed E-state index contributed by atoms with van der Waals surface area (Å²) in [5, 5.41) is 9.96. The maximum atomic E-state index is 14.5. The van der Waals surface area contributed by atoms with Crippen LogP contribution in [0.4, 0.5) is 29.2 Å². The predicted octanol–water partition coefficient (Wildman–Crippen LogP) is 4.71. The van der Waals surface area contributed by atoms with Crippen LogP contribution in [0.2, 0.25) is 5.02 Å². The van der Waals surface area contributed by atoms with Crippen molar-refractivity contribution in [3.05, 3.63) is 35.2 Å². The lowest BCUT2D eigenvalue weighted by atomic mass is 9.91. The van der Waals surface area contributed by atoms with Gasteiger partial charge in [0.1, 0.15) is 5.82 Å². The molecule has 1 saturated heterocycles. The Kier molecular flexibility index (Phi) is 9.64. The molecule has 13 heteroatoms. The number of pyridine rings is 2. The van der Waals surface area contributed by atoms with E-state index in [0.717, 1.165) is 25.7 Å². The van der Waals surface area contributed by atoms with Crippen molar-refractivity contribution in [2.45, 2.75) is 62.5 Å². The fourth-order valence-electron chi connectivity index (χ4n) is 4.73. The highest BCUT2D eigenvalue weighted by molar-refractivity contribution is 6.33. The summed E-state index contributed by atoms with van der Waals surface area (Å²) in [7, 11) is 0. The summed E-state index contributed by atoms with van der Waals surface area (Å²) >= 11 is 6.43. The lowest BCUT2D eigenvalue weighted by Gasteiger charge is -2.33. The van der Waals surface area contributed by atoms with E-state index >= 15 is 0 Å². The summed E-state index contributed by atoms with van der Waals surface area (Å²) in [5.41, 5.74) is 7.03. The van der Waals surface area contributed by atoms with Crippen molar-refractivity contribution in [3.8, 4) is 11.3 Å². The van der Waals surface area contributed by atoms with Gasteiger partial charge in [-0.1, -0.05) is 11.6 Å². The van der Waals surface area contributed by atoms with Gasteiger partial charge in [0.25, 0.3) is 0 Å². The molecule has 0 spiro atoms. The highest BCUT2D eigenvalue weighted by Crippen LogP contribution is 2.31. The van der Waals surface area contributed by atoms with E-state index in [1.807, 2.05) is 0 Å². The number of hydrogen-bond donors (Lipinski definition) is 4. The van der Waals surface area contributed by atoms with Gasteiger partial charge in [0.15, 0.2) is 11.6 Å². The first-order valence-corrected chi connectivity index (χ1v) is 13.1. The second-order valence-corrected chi connectivity index (χ2v) is 10.3. The average Bonchev–Trinajstić information content (AvgIpc) is 2.88. The van der Waals surface area contributed by atoms with Gasteiger partial charge in [-0.05, 0) is 56.7 Å². The summed E-state index contributed by atoms with van der Waals surface area (Å²) in [6.45, 7) is 1.26. The molecule has 3 heterocycles. The van der Waals surface area contributed by atoms with Gasteiger partial charge in [0.2, 0.25) is 0 Å². The third kappa shape index (κ3) is 8.37. The molecule has 1 aliphatic carbocycles. The average molecular weight is 561 g/mol. The molecule has 1 saturated carbocycles. The van der Waals surface area contributed by atoms with Gasteiger partial charge in [-0.3, -0.25) is 4.74 Å². The molecule has 5 N–H and O–H groups in total. The largest absolute Gasteiger partial charge is 0.522 e. The van der Waals surface area contributed by atoms with Crippen LogP contribution in [0, 0.1) is 5.82 Å². The minimum Gasteiger partial charge on any atom is -0.381 e. The van der Waals surface area contributed by atoms with E-state index in [4.69, 9.17) is 22.1 Å². The summed E-state index contributed by atoms with van der Waals surface area (Å²) in [4.78, 5) is 8.85. The number of aromatic nitrogens is 2. The Balaban J connectivity index is 1.33. The number of anilines is 2. The Hall–Kier alpha value is -2.25. The third-order valence-electron chi connectivity index (χ3n) is 6.95. The van der Waals surface area contributed by atoms with Crippen molar-refractivity contribution in [2.24, 2.45) is 5.73 Å². The van der Waals surface area contributed by atoms with Gasteiger partial charge in [-0.15, -0.1) is 13.2 Å². The van der Waals surface area contributed by atoms with Crippen molar-refractivity contribution in [3.63, 3.8) is 0 Å². The van der Waals surface area contributed by atoms with Crippen molar-refractivity contribution in [1.29, 1.82) is 0 Å². The highest BCUT2D eigenvalue weighted by Gasteiger charge is 2.29. The number of hydrogen-bond acceptors (Lipinski definition) is 8. The van der Waals surface area contributed by atoms with Gasteiger partial charge in [-0.25, -0.2) is 14.4 Å². The molecule has 0 amide bonds. The SMILES string of the molecule is NC1(CNc2nc(-c3cc(N[C@H]4CC[C@H](NCCOC(F)(F)F)CC4)ncc3Cl)ccc2F)CCOCC1. The van der Waals surface area contributed by atoms with Gasteiger partial charge < -0.3 is 26.4 Å². The lowest BCUT2D eigenvalue weighted by Crippen LogP contribution is -2.50. The molecule has 38 heavy (non-hydrogen) atoms.